The average Bonchev–Trinajstić information content (AvgIpc) is 3.55. The van der Waals surface area contributed by atoms with Gasteiger partial charge in [0.25, 0.3) is 11.8 Å². The second-order valence-electron chi connectivity index (χ2n) is 12.5. The minimum atomic E-state index is -4.43. The molecule has 6 nitrogen and oxygen atoms in total. The van der Waals surface area contributed by atoms with Crippen molar-refractivity contribution in [2.75, 3.05) is 24.6 Å². The number of anilines is 1. The lowest BCUT2D eigenvalue weighted by Gasteiger charge is -2.41. The van der Waals surface area contributed by atoms with Crippen molar-refractivity contribution >= 4 is 34.4 Å². The molecule has 1 saturated heterocycles. The van der Waals surface area contributed by atoms with Gasteiger partial charge in [0.05, 0.1) is 28.4 Å². The number of thiazole rings is 1. The number of likely N-dealkylation sites (tertiary alicyclic amines) is 1. The SMILES string of the molecule is CCOc1ccc2c(c1)C(C)=CC(C)(C)N2C(=O)c1csc(C2CCN(C(=O)c3ccccc3-c3ccc(C(F)(F)F)cc3)CC2)n1. The molecule has 1 fully saturated rings. The van der Waals surface area contributed by atoms with Crippen LogP contribution in [0.1, 0.15) is 83.4 Å². The summed E-state index contributed by atoms with van der Waals surface area (Å²) in [5.41, 5.74) is 3.56. The van der Waals surface area contributed by atoms with E-state index in [0.717, 1.165) is 39.7 Å². The molecule has 0 atom stereocenters. The Morgan fingerprint density at radius 2 is 1.68 bits per heavy atom. The van der Waals surface area contributed by atoms with Gasteiger partial charge in [0.15, 0.2) is 0 Å². The van der Waals surface area contributed by atoms with E-state index in [0.29, 0.717) is 54.9 Å². The monoisotopic (exact) mass is 659 g/mol. The number of benzene rings is 3. The van der Waals surface area contributed by atoms with Crippen molar-refractivity contribution in [2.45, 2.75) is 58.2 Å². The molecule has 0 spiro atoms. The molecular weight excluding hydrogens is 623 g/mol. The van der Waals surface area contributed by atoms with E-state index >= 15 is 0 Å². The number of alkyl halides is 3. The quantitative estimate of drug-likeness (QED) is 0.207. The summed E-state index contributed by atoms with van der Waals surface area (Å²) in [7, 11) is 0. The van der Waals surface area contributed by atoms with E-state index in [-0.39, 0.29) is 17.7 Å². The molecule has 0 N–H and O–H groups in total. The van der Waals surface area contributed by atoms with Crippen molar-refractivity contribution in [1.82, 2.24) is 9.88 Å². The number of halogens is 3. The zero-order valence-electron chi connectivity index (χ0n) is 26.7. The van der Waals surface area contributed by atoms with Crippen molar-refractivity contribution in [3.63, 3.8) is 0 Å². The summed E-state index contributed by atoms with van der Waals surface area (Å²) in [4.78, 5) is 36.1. The number of allylic oxidation sites excluding steroid dienone is 1. The van der Waals surface area contributed by atoms with Gasteiger partial charge in [0.2, 0.25) is 0 Å². The molecule has 1 aromatic heterocycles. The van der Waals surface area contributed by atoms with Crippen LogP contribution in [0.2, 0.25) is 0 Å². The molecule has 2 amide bonds. The van der Waals surface area contributed by atoms with Crippen LogP contribution in [0.15, 0.2) is 78.2 Å². The molecule has 10 heteroatoms. The van der Waals surface area contributed by atoms with E-state index in [9.17, 15) is 22.8 Å². The average molecular weight is 660 g/mol. The maximum Gasteiger partial charge on any atom is 0.416 e. The van der Waals surface area contributed by atoms with Crippen LogP contribution in [0, 0.1) is 0 Å². The number of aromatic nitrogens is 1. The number of ether oxygens (including phenoxy) is 1. The van der Waals surface area contributed by atoms with Crippen molar-refractivity contribution in [2.24, 2.45) is 0 Å². The number of hydrogen-bond acceptors (Lipinski definition) is 5. The largest absolute Gasteiger partial charge is 0.494 e. The van der Waals surface area contributed by atoms with Gasteiger partial charge < -0.3 is 9.64 Å². The first-order valence-electron chi connectivity index (χ1n) is 15.7. The Kier molecular flexibility index (Phi) is 8.74. The molecule has 4 aromatic rings. The van der Waals surface area contributed by atoms with Gasteiger partial charge in [-0.2, -0.15) is 13.2 Å². The maximum atomic E-state index is 14.0. The van der Waals surface area contributed by atoms with Crippen LogP contribution in [0.3, 0.4) is 0 Å². The summed E-state index contributed by atoms with van der Waals surface area (Å²) in [6.45, 7) is 9.59. The molecule has 0 unspecified atom stereocenters. The Hall–Kier alpha value is -4.44. The fraction of sp³-hybridized carbons (Fsp3) is 0.324. The van der Waals surface area contributed by atoms with E-state index in [2.05, 4.69) is 6.08 Å². The molecule has 0 radical (unpaired) electrons. The van der Waals surface area contributed by atoms with Gasteiger partial charge in [-0.1, -0.05) is 36.4 Å². The molecule has 0 aliphatic carbocycles. The number of rotatable bonds is 6. The lowest BCUT2D eigenvalue weighted by Crippen LogP contribution is -2.49. The van der Waals surface area contributed by atoms with Crippen LogP contribution >= 0.6 is 11.3 Å². The van der Waals surface area contributed by atoms with Crippen LogP contribution in [-0.2, 0) is 6.18 Å². The normalized spacial score (nSPS) is 16.4. The third kappa shape index (κ3) is 6.43. The van der Waals surface area contributed by atoms with Crippen LogP contribution < -0.4 is 9.64 Å². The first-order chi connectivity index (χ1) is 22.4. The summed E-state index contributed by atoms with van der Waals surface area (Å²) in [5.74, 6) is 0.540. The number of carbonyl (C=O) groups is 2. The van der Waals surface area contributed by atoms with Gasteiger partial charge in [-0.05, 0) is 93.6 Å². The van der Waals surface area contributed by atoms with Gasteiger partial charge >= 0.3 is 6.18 Å². The van der Waals surface area contributed by atoms with E-state index in [1.165, 1.54) is 23.5 Å². The van der Waals surface area contributed by atoms with E-state index < -0.39 is 17.3 Å². The van der Waals surface area contributed by atoms with Crippen molar-refractivity contribution < 1.29 is 27.5 Å². The Morgan fingerprint density at radius 1 is 0.979 bits per heavy atom. The number of carbonyl (C=O) groups excluding carboxylic acids is 2. The Balaban J connectivity index is 1.15. The number of piperidine rings is 1. The highest BCUT2D eigenvalue weighted by atomic mass is 32.1. The van der Waals surface area contributed by atoms with Crippen LogP contribution in [0.4, 0.5) is 18.9 Å². The highest BCUT2D eigenvalue weighted by molar-refractivity contribution is 7.10. The fourth-order valence-corrected chi connectivity index (χ4v) is 7.55. The predicted molar refractivity (Wildman–Crippen MR) is 179 cm³/mol. The molecule has 2 aliphatic rings. The lowest BCUT2D eigenvalue weighted by atomic mass is 9.88. The first-order valence-corrected chi connectivity index (χ1v) is 16.6. The number of hydrogen-bond donors (Lipinski definition) is 0. The number of amides is 2. The summed E-state index contributed by atoms with van der Waals surface area (Å²) in [6.07, 6.45) is -0.951. The molecule has 244 valence electrons. The molecule has 3 aromatic carbocycles. The summed E-state index contributed by atoms with van der Waals surface area (Å²) in [6, 6.07) is 17.7. The Labute approximate surface area is 276 Å². The Morgan fingerprint density at radius 3 is 2.36 bits per heavy atom. The minimum absolute atomic E-state index is 0.105. The lowest BCUT2D eigenvalue weighted by molar-refractivity contribution is -0.137. The Bertz CT molecular complexity index is 1840. The second kappa shape index (κ2) is 12.6. The van der Waals surface area contributed by atoms with Gasteiger partial charge in [-0.25, -0.2) is 4.98 Å². The van der Waals surface area contributed by atoms with Gasteiger partial charge in [-0.3, -0.25) is 14.5 Å². The van der Waals surface area contributed by atoms with Crippen molar-refractivity contribution in [1.29, 1.82) is 0 Å². The molecule has 0 bridgehead atoms. The third-order valence-corrected chi connectivity index (χ3v) is 9.85. The second-order valence-corrected chi connectivity index (χ2v) is 13.4. The van der Waals surface area contributed by atoms with E-state index in [1.807, 2.05) is 51.3 Å². The zero-order valence-corrected chi connectivity index (χ0v) is 27.5. The van der Waals surface area contributed by atoms with Gasteiger partial charge in [-0.15, -0.1) is 11.3 Å². The molecule has 3 heterocycles. The smallest absolute Gasteiger partial charge is 0.416 e. The van der Waals surface area contributed by atoms with Crippen LogP contribution in [0.25, 0.3) is 16.7 Å². The number of nitrogens with zero attached hydrogens (tertiary/aromatic N) is 3. The molecule has 0 saturated carbocycles. The topological polar surface area (TPSA) is 62.7 Å². The predicted octanol–water partition coefficient (Wildman–Crippen LogP) is 9.09. The third-order valence-electron chi connectivity index (χ3n) is 8.85. The minimum Gasteiger partial charge on any atom is -0.494 e. The molecular formula is C37H36F3N3O3S. The van der Waals surface area contributed by atoms with Gasteiger partial charge in [0.1, 0.15) is 11.4 Å². The van der Waals surface area contributed by atoms with Crippen LogP contribution in [-0.4, -0.2) is 46.9 Å². The maximum absolute atomic E-state index is 14.0. The molecule has 47 heavy (non-hydrogen) atoms. The highest BCUT2D eigenvalue weighted by Crippen LogP contribution is 2.42. The molecule has 6 rings (SSSR count). The van der Waals surface area contributed by atoms with E-state index in [1.54, 1.807) is 34.1 Å². The number of fused-ring (bicyclic) bond motifs is 1. The summed E-state index contributed by atoms with van der Waals surface area (Å²) in [5, 5.41) is 2.70. The first kappa shape index (κ1) is 32.5. The zero-order chi connectivity index (χ0) is 33.5. The van der Waals surface area contributed by atoms with Crippen molar-refractivity contribution in [3.05, 3.63) is 106 Å². The molecule has 2 aliphatic heterocycles. The van der Waals surface area contributed by atoms with Crippen LogP contribution in [0.5, 0.6) is 5.75 Å². The van der Waals surface area contributed by atoms with E-state index in [4.69, 9.17) is 9.72 Å². The summed E-state index contributed by atoms with van der Waals surface area (Å²) < 4.78 is 45.0. The standard InChI is InChI=1S/C37H36F3N3O3S/c1-5-46-27-14-15-32-30(20-27)23(2)21-36(3,4)43(32)35(45)31-22-47-33(41-31)25-16-18-42(19-17-25)34(44)29-9-7-6-8-28(29)24-10-12-26(13-11-24)37(38,39)40/h6-15,20-22,25H,5,16-19H2,1-4H3. The fourth-order valence-electron chi connectivity index (χ4n) is 6.58. The summed E-state index contributed by atoms with van der Waals surface area (Å²) >= 11 is 1.47. The van der Waals surface area contributed by atoms with Gasteiger partial charge in [0, 0.05) is 35.5 Å². The highest BCUT2D eigenvalue weighted by Gasteiger charge is 2.38. The van der Waals surface area contributed by atoms with Crippen molar-refractivity contribution in [3.8, 4) is 16.9 Å².